The van der Waals surface area contributed by atoms with Crippen molar-refractivity contribution in [3.05, 3.63) is 47.3 Å². The van der Waals surface area contributed by atoms with Gasteiger partial charge >= 0.3 is 5.97 Å². The summed E-state index contributed by atoms with van der Waals surface area (Å²) in [6, 6.07) is 0.435. The fourth-order valence-electron chi connectivity index (χ4n) is 8.35. The highest BCUT2D eigenvalue weighted by Crippen LogP contribution is 2.42. The maximum atomic E-state index is 13.7. The molecule has 4 N–H and O–H groups in total. The van der Waals surface area contributed by atoms with Crippen LogP contribution in [-0.4, -0.2) is 83.9 Å². The fourth-order valence-corrected chi connectivity index (χ4v) is 8.35. The van der Waals surface area contributed by atoms with Gasteiger partial charge in [-0.3, -0.25) is 0 Å². The zero-order valence-corrected chi connectivity index (χ0v) is 32.7. The average Bonchev–Trinajstić information content (AvgIpc) is 3.08. The summed E-state index contributed by atoms with van der Waals surface area (Å²) in [5.74, 6) is -3.52. The number of rotatable bonds is 9. The van der Waals surface area contributed by atoms with Gasteiger partial charge in [-0.15, -0.1) is 0 Å². The largest absolute Gasteiger partial charge is 0.490 e. The first kappa shape index (κ1) is 42.4. The van der Waals surface area contributed by atoms with Gasteiger partial charge in [0.05, 0.1) is 25.4 Å². The van der Waals surface area contributed by atoms with Crippen molar-refractivity contribution in [1.29, 1.82) is 0 Å². The monoisotopic (exact) mass is 704 g/mol. The van der Waals surface area contributed by atoms with Gasteiger partial charge in [0.1, 0.15) is 12.2 Å². The van der Waals surface area contributed by atoms with Crippen molar-refractivity contribution in [3.63, 3.8) is 0 Å². The summed E-state index contributed by atoms with van der Waals surface area (Å²) < 4.78 is 24.1. The number of aliphatic hydroxyl groups is 3. The van der Waals surface area contributed by atoms with Crippen LogP contribution < -0.4 is 5.32 Å². The van der Waals surface area contributed by atoms with Crippen molar-refractivity contribution >= 4 is 5.97 Å². The van der Waals surface area contributed by atoms with Crippen molar-refractivity contribution in [2.24, 2.45) is 35.5 Å². The summed E-state index contributed by atoms with van der Waals surface area (Å²) in [5, 5.41) is 39.2. The van der Waals surface area contributed by atoms with Crippen LogP contribution in [0.25, 0.3) is 0 Å². The van der Waals surface area contributed by atoms with Gasteiger partial charge < -0.3 is 39.6 Å². The third-order valence-electron chi connectivity index (χ3n) is 11.6. The highest BCUT2D eigenvalue weighted by molar-refractivity contribution is 5.87. The van der Waals surface area contributed by atoms with Crippen molar-refractivity contribution in [2.45, 2.75) is 156 Å². The molecule has 9 nitrogen and oxygen atoms in total. The first-order valence-corrected chi connectivity index (χ1v) is 19.1. The Morgan fingerprint density at radius 2 is 1.68 bits per heavy atom. The van der Waals surface area contributed by atoms with Gasteiger partial charge in [-0.25, -0.2) is 4.79 Å². The molecular formula is C41H69NO8. The Balaban J connectivity index is 1.97. The summed E-state index contributed by atoms with van der Waals surface area (Å²) in [4.78, 5) is 13.7. The Hall–Kier alpha value is -2.01. The predicted octanol–water partition coefficient (Wildman–Crippen LogP) is 6.62. The minimum atomic E-state index is -1.61. The molecule has 2 aliphatic heterocycles. The van der Waals surface area contributed by atoms with E-state index >= 15 is 0 Å². The highest BCUT2D eigenvalue weighted by atomic mass is 16.6. The third kappa shape index (κ3) is 11.0. The Bertz CT molecular complexity index is 1200. The lowest BCUT2D eigenvalue weighted by molar-refractivity contribution is -0.317. The van der Waals surface area contributed by atoms with Crippen LogP contribution in [0, 0.1) is 35.5 Å². The number of carbonyl (C=O) groups excluding carboxylic acids is 1. The van der Waals surface area contributed by atoms with Crippen molar-refractivity contribution in [2.75, 3.05) is 14.2 Å². The van der Waals surface area contributed by atoms with E-state index in [0.29, 0.717) is 18.9 Å². The number of esters is 1. The van der Waals surface area contributed by atoms with Crippen LogP contribution in [-0.2, 0) is 23.7 Å². The predicted molar refractivity (Wildman–Crippen MR) is 198 cm³/mol. The molecule has 1 aliphatic carbocycles. The van der Waals surface area contributed by atoms with Gasteiger partial charge in [0, 0.05) is 43.4 Å². The molecule has 0 aromatic rings. The van der Waals surface area contributed by atoms with Crippen LogP contribution in [0.3, 0.4) is 0 Å². The quantitative estimate of drug-likeness (QED) is 0.196. The summed E-state index contributed by atoms with van der Waals surface area (Å²) in [6.07, 6.45) is 12.6. The number of ether oxygens (including phenoxy) is 4. The van der Waals surface area contributed by atoms with E-state index in [1.807, 2.05) is 65.8 Å². The molecule has 3 rings (SSSR count). The van der Waals surface area contributed by atoms with Gasteiger partial charge in [0.25, 0.3) is 0 Å². The van der Waals surface area contributed by atoms with E-state index in [9.17, 15) is 20.1 Å². The molecule has 0 amide bonds. The molecule has 50 heavy (non-hydrogen) atoms. The molecule has 0 radical (unpaired) electrons. The molecule has 0 aromatic heterocycles. The molecular weight excluding hydrogens is 634 g/mol. The lowest BCUT2D eigenvalue weighted by Crippen LogP contribution is -2.62. The molecule has 1 saturated carbocycles. The number of hydrogen-bond acceptors (Lipinski definition) is 9. The second-order valence-corrected chi connectivity index (χ2v) is 16.1. The zero-order valence-electron chi connectivity index (χ0n) is 32.7. The molecule has 2 fully saturated rings. The number of methoxy groups -OCH3 is 2. The SMILES string of the molecule is CO/C1=C\C(C)=C\[C@@H](C)[C@@H](O)[C@@H](C)C/C(C)=C/C=C/[C@H](OC)[C@@H]([C@@H](C)[C@@H](O)[C@H](C)[C@@]2(O)C[C@@H](NC3CCCCC3)[C@H](C)[C@@H](C(C)C)O2)OC1=O. The maximum absolute atomic E-state index is 13.7. The van der Waals surface area contributed by atoms with Gasteiger partial charge in [-0.1, -0.05) is 103 Å². The van der Waals surface area contributed by atoms with Crippen LogP contribution in [0.15, 0.2) is 47.3 Å². The summed E-state index contributed by atoms with van der Waals surface area (Å²) in [6.45, 7) is 17.9. The molecule has 0 spiro atoms. The second-order valence-electron chi connectivity index (χ2n) is 16.1. The Kier molecular flexibility index (Phi) is 16.3. The Labute approximate surface area is 302 Å². The number of hydrogen-bond donors (Lipinski definition) is 4. The Morgan fingerprint density at radius 1 is 1.02 bits per heavy atom. The van der Waals surface area contributed by atoms with E-state index in [1.165, 1.54) is 26.4 Å². The minimum Gasteiger partial charge on any atom is -0.490 e. The highest BCUT2D eigenvalue weighted by Gasteiger charge is 2.52. The minimum absolute atomic E-state index is 0.00507. The number of carbonyl (C=O) groups is 1. The van der Waals surface area contributed by atoms with E-state index in [4.69, 9.17) is 18.9 Å². The number of cyclic esters (lactones) is 1. The van der Waals surface area contributed by atoms with Crippen molar-refractivity contribution < 1.29 is 39.1 Å². The van der Waals surface area contributed by atoms with Crippen LogP contribution in [0.2, 0.25) is 0 Å². The lowest BCUT2D eigenvalue weighted by atomic mass is 9.75. The van der Waals surface area contributed by atoms with Gasteiger partial charge in [0.15, 0.2) is 5.79 Å². The number of aliphatic hydroxyl groups excluding tert-OH is 2. The van der Waals surface area contributed by atoms with E-state index in [1.54, 1.807) is 13.2 Å². The first-order chi connectivity index (χ1) is 23.5. The normalized spacial score (nSPS) is 39.9. The smallest absolute Gasteiger partial charge is 0.373 e. The van der Waals surface area contributed by atoms with E-state index < -0.39 is 48.0 Å². The van der Waals surface area contributed by atoms with E-state index in [-0.39, 0.29) is 41.6 Å². The van der Waals surface area contributed by atoms with E-state index in [2.05, 4.69) is 26.1 Å². The molecule has 286 valence electrons. The van der Waals surface area contributed by atoms with Crippen molar-refractivity contribution in [3.8, 4) is 0 Å². The molecule has 9 heteroatoms. The van der Waals surface area contributed by atoms with Crippen LogP contribution in [0.5, 0.6) is 0 Å². The van der Waals surface area contributed by atoms with Crippen LogP contribution in [0.1, 0.15) is 107 Å². The lowest BCUT2D eigenvalue weighted by Gasteiger charge is -2.51. The topological polar surface area (TPSA) is 127 Å². The maximum Gasteiger partial charge on any atom is 0.373 e. The van der Waals surface area contributed by atoms with Gasteiger partial charge in [-0.2, -0.15) is 0 Å². The average molecular weight is 704 g/mol. The summed E-state index contributed by atoms with van der Waals surface area (Å²) in [7, 11) is 2.95. The van der Waals surface area contributed by atoms with Crippen LogP contribution in [0.4, 0.5) is 0 Å². The molecule has 2 heterocycles. The number of allylic oxidation sites excluding steroid dienone is 5. The molecule has 12 atom stereocenters. The fraction of sp³-hybridized carbons (Fsp3) is 0.780. The molecule has 1 saturated heterocycles. The van der Waals surface area contributed by atoms with Crippen LogP contribution >= 0.6 is 0 Å². The number of nitrogens with one attached hydrogen (secondary N) is 1. The van der Waals surface area contributed by atoms with Gasteiger partial charge in [-0.05, 0) is 56.9 Å². The molecule has 0 bridgehead atoms. The molecule has 3 aliphatic rings. The summed E-state index contributed by atoms with van der Waals surface area (Å²) >= 11 is 0. The molecule has 0 aromatic carbocycles. The molecule has 0 unspecified atom stereocenters. The first-order valence-electron chi connectivity index (χ1n) is 19.1. The van der Waals surface area contributed by atoms with E-state index in [0.717, 1.165) is 24.0 Å². The third-order valence-corrected chi connectivity index (χ3v) is 11.6. The Morgan fingerprint density at radius 3 is 2.28 bits per heavy atom. The van der Waals surface area contributed by atoms with Gasteiger partial charge in [0.2, 0.25) is 5.76 Å². The van der Waals surface area contributed by atoms with Crippen molar-refractivity contribution in [1.82, 2.24) is 5.32 Å². The standard InChI is InChI=1S/C41H69NO8/c1-24(2)38-29(7)33(42-32-17-13-12-14-18-32)23-41(46,50-38)31(9)37(44)30(8)39-34(47-10)19-15-16-25(3)20-27(5)36(43)28(6)21-26(4)22-35(48-11)40(45)49-39/h15-16,19,21-22,24,27-34,36-39,42-44,46H,12-14,17-18,20,23H2,1-11H3/b19-15+,25-16+,26-21+,35-22-/t27-,28+,29-,30-,31-,33+,34-,36-,37+,38+,39+,41+/m0/s1. The second kappa shape index (κ2) is 19.2. The summed E-state index contributed by atoms with van der Waals surface area (Å²) in [5.41, 5.74) is 1.84. The zero-order chi connectivity index (χ0) is 37.3.